The van der Waals surface area contributed by atoms with Crippen LogP contribution in [0.3, 0.4) is 0 Å². The van der Waals surface area contributed by atoms with Crippen LogP contribution in [-0.4, -0.2) is 64.9 Å². The van der Waals surface area contributed by atoms with Gasteiger partial charge in [0, 0.05) is 24.3 Å². The van der Waals surface area contributed by atoms with Gasteiger partial charge in [0.1, 0.15) is 6.04 Å². The van der Waals surface area contributed by atoms with Gasteiger partial charge >= 0.3 is 0 Å². The van der Waals surface area contributed by atoms with Gasteiger partial charge in [0.15, 0.2) is 17.5 Å². The van der Waals surface area contributed by atoms with E-state index < -0.39 is 27.9 Å². The Balaban J connectivity index is 1.81. The molecule has 3 rings (SSSR count). The number of benzene rings is 2. The zero-order chi connectivity index (χ0) is 31.0. The fourth-order valence-corrected chi connectivity index (χ4v) is 6.26. The number of guanidine groups is 1. The summed E-state index contributed by atoms with van der Waals surface area (Å²) in [6.07, 6.45) is 5.72. The molecule has 1 fully saturated rings. The quantitative estimate of drug-likeness (QED) is 0.242. The molecule has 1 atom stereocenters. The van der Waals surface area contributed by atoms with Crippen molar-refractivity contribution in [3.05, 3.63) is 45.9 Å². The third-order valence-electron chi connectivity index (χ3n) is 7.30. The first-order chi connectivity index (χ1) is 19.8. The minimum Gasteiger partial charge on any atom is -0.493 e. The maximum Gasteiger partial charge on any atom is 0.249 e. The first-order valence-corrected chi connectivity index (χ1v) is 16.0. The molecule has 1 aliphatic carbocycles. The second-order valence-corrected chi connectivity index (χ2v) is 13.6. The van der Waals surface area contributed by atoms with Crippen molar-refractivity contribution in [1.29, 1.82) is 0 Å². The molecule has 0 aromatic heterocycles. The summed E-state index contributed by atoms with van der Waals surface area (Å²) in [5.41, 5.74) is 7.86. The summed E-state index contributed by atoms with van der Waals surface area (Å²) in [5, 5.41) is 5.44. The fourth-order valence-electron chi connectivity index (χ4n) is 4.87. The van der Waals surface area contributed by atoms with E-state index in [2.05, 4.69) is 31.6 Å². The van der Waals surface area contributed by atoms with Crippen LogP contribution in [0.4, 0.5) is 5.69 Å². The van der Waals surface area contributed by atoms with Crippen LogP contribution in [-0.2, 0) is 26.0 Å². The Labute approximate surface area is 256 Å². The van der Waals surface area contributed by atoms with Gasteiger partial charge < -0.3 is 20.5 Å². The molecule has 2 aromatic carbocycles. The lowest BCUT2D eigenvalue weighted by Crippen LogP contribution is -2.40. The molecule has 0 unspecified atom stereocenters. The number of aryl methyl sites for hydroxylation is 1. The lowest BCUT2D eigenvalue weighted by atomic mass is 9.84. The second kappa shape index (κ2) is 14.8. The zero-order valence-electron chi connectivity index (χ0n) is 24.7. The molecule has 0 spiro atoms. The number of nitrogens with zero attached hydrogens (tertiary/aromatic N) is 2. The number of amides is 2. The van der Waals surface area contributed by atoms with E-state index in [0.29, 0.717) is 39.2 Å². The Hall–Kier alpha value is -3.16. The molecule has 230 valence electrons. The van der Waals surface area contributed by atoms with E-state index in [1.54, 1.807) is 25.1 Å². The Kier molecular flexibility index (Phi) is 11.8. The first-order valence-electron chi connectivity index (χ1n) is 13.7. The van der Waals surface area contributed by atoms with E-state index >= 15 is 0 Å². The summed E-state index contributed by atoms with van der Waals surface area (Å²) in [4.78, 5) is 30.9. The predicted octanol–water partition coefficient (Wildman–Crippen LogP) is 3.98. The second-order valence-electron chi connectivity index (χ2n) is 10.5. The molecule has 4 N–H and O–H groups in total. The Morgan fingerprint density at radius 2 is 1.74 bits per heavy atom. The molecule has 0 saturated heterocycles. The van der Waals surface area contributed by atoms with Crippen LogP contribution in [0.1, 0.15) is 49.7 Å². The molecule has 0 radical (unpaired) electrons. The van der Waals surface area contributed by atoms with Crippen molar-refractivity contribution in [2.75, 3.05) is 33.6 Å². The van der Waals surface area contributed by atoms with Gasteiger partial charge in [-0.2, -0.15) is 0 Å². The van der Waals surface area contributed by atoms with E-state index in [0.717, 1.165) is 36.4 Å². The highest BCUT2D eigenvalue weighted by atomic mass is 79.9. The van der Waals surface area contributed by atoms with Crippen LogP contribution >= 0.6 is 15.9 Å². The normalized spacial score (nSPS) is 15.3. The highest BCUT2D eigenvalue weighted by molar-refractivity contribution is 9.10. The highest BCUT2D eigenvalue weighted by Crippen LogP contribution is 2.33. The van der Waals surface area contributed by atoms with Gasteiger partial charge in [-0.25, -0.2) is 17.7 Å². The van der Waals surface area contributed by atoms with Crippen LogP contribution in [0.25, 0.3) is 0 Å². The maximum absolute atomic E-state index is 13.5. The van der Waals surface area contributed by atoms with E-state index in [-0.39, 0.29) is 23.2 Å². The topological polar surface area (TPSA) is 152 Å². The minimum atomic E-state index is -3.70. The van der Waals surface area contributed by atoms with Crippen LogP contribution < -0.4 is 25.8 Å². The number of hydrogen-bond acceptors (Lipinski definition) is 7. The Bertz CT molecular complexity index is 1420. The number of rotatable bonds is 11. The lowest BCUT2D eigenvalue weighted by Gasteiger charge is -2.25. The van der Waals surface area contributed by atoms with Crippen molar-refractivity contribution in [2.24, 2.45) is 16.6 Å². The molecule has 42 heavy (non-hydrogen) atoms. The molecule has 0 bridgehead atoms. The molecule has 0 heterocycles. The van der Waals surface area contributed by atoms with Crippen LogP contribution in [0.2, 0.25) is 0 Å². The van der Waals surface area contributed by atoms with Crippen molar-refractivity contribution in [2.45, 2.75) is 62.8 Å². The number of nitrogens with two attached hydrogens (primary N) is 1. The first kappa shape index (κ1) is 33.3. The summed E-state index contributed by atoms with van der Waals surface area (Å²) >= 11 is 3.45. The standard InChI is InChI=1S/C29H40BrN5O6S/c1-18-11-12-21(42(38,39)35(2)3)16-23(18)32-28(37)24(13-19-9-7-6-8-10-19)33-29(31)34-27(36)15-20-14-25(40-4)26(41-5)17-22(20)30/h11-12,14,16-17,19,24H,6-10,13,15H2,1-5H3,(H,32,37)(H3,31,33,34,36)/t24-/m1/s1. The van der Waals surface area contributed by atoms with E-state index in [1.165, 1.54) is 40.4 Å². The molecular weight excluding hydrogens is 626 g/mol. The molecule has 11 nitrogen and oxygen atoms in total. The van der Waals surface area contributed by atoms with Crippen LogP contribution in [0.15, 0.2) is 44.7 Å². The molecule has 13 heteroatoms. The zero-order valence-corrected chi connectivity index (χ0v) is 27.1. The summed E-state index contributed by atoms with van der Waals surface area (Å²) in [7, 11) is 2.24. The SMILES string of the molecule is COc1cc(Br)c(CC(=O)NC(N)=N[C@H](CC2CCCCC2)C(=O)Nc2cc(S(=O)(=O)N(C)C)ccc2C)cc1OC. The van der Waals surface area contributed by atoms with Crippen molar-refractivity contribution >= 4 is 49.4 Å². The number of sulfonamides is 1. The Morgan fingerprint density at radius 3 is 2.36 bits per heavy atom. The maximum atomic E-state index is 13.5. The number of halogens is 1. The smallest absolute Gasteiger partial charge is 0.249 e. The largest absolute Gasteiger partial charge is 0.493 e. The van der Waals surface area contributed by atoms with Crippen LogP contribution in [0, 0.1) is 12.8 Å². The van der Waals surface area contributed by atoms with Crippen molar-refractivity contribution in [1.82, 2.24) is 9.62 Å². The third-order valence-corrected chi connectivity index (χ3v) is 9.84. The van der Waals surface area contributed by atoms with Gasteiger partial charge in [-0.1, -0.05) is 54.1 Å². The van der Waals surface area contributed by atoms with Gasteiger partial charge in [0.05, 0.1) is 25.5 Å². The fraction of sp³-hybridized carbons (Fsp3) is 0.483. The highest BCUT2D eigenvalue weighted by Gasteiger charge is 2.26. The van der Waals surface area contributed by atoms with Gasteiger partial charge in [-0.05, 0) is 54.7 Å². The monoisotopic (exact) mass is 665 g/mol. The summed E-state index contributed by atoms with van der Waals surface area (Å²) in [6, 6.07) is 7.12. The van der Waals surface area contributed by atoms with Gasteiger partial charge in [0.2, 0.25) is 21.8 Å². The summed E-state index contributed by atoms with van der Waals surface area (Å²) in [5.74, 6) is 0.263. The number of ether oxygens (including phenoxy) is 2. The minimum absolute atomic E-state index is 0.0248. The van der Waals surface area contributed by atoms with Crippen LogP contribution in [0.5, 0.6) is 11.5 Å². The number of aliphatic imine (C=N–C) groups is 1. The van der Waals surface area contributed by atoms with E-state index in [9.17, 15) is 18.0 Å². The predicted molar refractivity (Wildman–Crippen MR) is 166 cm³/mol. The molecular formula is C29H40BrN5O6S. The van der Waals surface area contributed by atoms with Gasteiger partial charge in [0.25, 0.3) is 0 Å². The number of nitrogens with one attached hydrogen (secondary N) is 2. The van der Waals surface area contributed by atoms with Gasteiger partial charge in [-0.3, -0.25) is 14.9 Å². The van der Waals surface area contributed by atoms with E-state index in [1.807, 2.05) is 0 Å². The van der Waals surface area contributed by atoms with Gasteiger partial charge in [-0.15, -0.1) is 0 Å². The average molecular weight is 667 g/mol. The average Bonchev–Trinajstić information content (AvgIpc) is 2.94. The van der Waals surface area contributed by atoms with Crippen molar-refractivity contribution in [3.8, 4) is 11.5 Å². The molecule has 2 aromatic rings. The molecule has 0 aliphatic heterocycles. The van der Waals surface area contributed by atoms with Crippen molar-refractivity contribution < 1.29 is 27.5 Å². The lowest BCUT2D eigenvalue weighted by molar-refractivity contribution is -0.119. The number of hydrogen-bond donors (Lipinski definition) is 3. The molecule has 1 aliphatic rings. The number of carbonyl (C=O) groups excluding carboxylic acids is 2. The third kappa shape index (κ3) is 8.68. The molecule has 1 saturated carbocycles. The number of methoxy groups -OCH3 is 2. The van der Waals surface area contributed by atoms with Crippen molar-refractivity contribution in [3.63, 3.8) is 0 Å². The molecule has 2 amide bonds. The Morgan fingerprint density at radius 1 is 1.10 bits per heavy atom. The summed E-state index contributed by atoms with van der Waals surface area (Å²) in [6.45, 7) is 1.78. The van der Waals surface area contributed by atoms with E-state index in [4.69, 9.17) is 15.2 Å². The number of anilines is 1. The summed E-state index contributed by atoms with van der Waals surface area (Å²) < 4.78 is 37.7. The number of carbonyl (C=O) groups is 2.